The Bertz CT molecular complexity index is 391. The highest BCUT2D eigenvalue weighted by atomic mass is 79.9. The third-order valence-electron chi connectivity index (χ3n) is 4.07. The molecule has 0 bridgehead atoms. The van der Waals surface area contributed by atoms with E-state index in [1.165, 1.54) is 30.6 Å². The Morgan fingerprint density at radius 2 is 2.11 bits per heavy atom. The number of nitrogens with two attached hydrogens (primary N) is 1. The van der Waals surface area contributed by atoms with Crippen molar-refractivity contribution in [3.05, 3.63) is 28.7 Å². The van der Waals surface area contributed by atoms with Gasteiger partial charge in [-0.3, -0.25) is 11.3 Å². The summed E-state index contributed by atoms with van der Waals surface area (Å²) in [5.74, 6) is 8.44. The lowest BCUT2D eigenvalue weighted by atomic mass is 9.80. The first kappa shape index (κ1) is 15.4. The molecular formula is C15H23BrN2S. The number of hydrogen-bond donors (Lipinski definition) is 2. The average molecular weight is 343 g/mol. The lowest BCUT2D eigenvalue weighted by Crippen LogP contribution is -2.43. The van der Waals surface area contributed by atoms with Crippen LogP contribution in [0, 0.1) is 11.8 Å². The van der Waals surface area contributed by atoms with Crippen LogP contribution in [0.2, 0.25) is 0 Å². The van der Waals surface area contributed by atoms with E-state index in [2.05, 4.69) is 52.5 Å². The Kier molecular flexibility index (Phi) is 6.20. The van der Waals surface area contributed by atoms with Crippen LogP contribution in [0.4, 0.5) is 0 Å². The molecule has 2 nitrogen and oxygen atoms in total. The normalized spacial score (nSPS) is 25.2. The van der Waals surface area contributed by atoms with Gasteiger partial charge in [0.25, 0.3) is 0 Å². The summed E-state index contributed by atoms with van der Waals surface area (Å²) in [4.78, 5) is 1.30. The molecule has 0 spiro atoms. The van der Waals surface area contributed by atoms with Crippen molar-refractivity contribution in [2.75, 3.05) is 5.75 Å². The van der Waals surface area contributed by atoms with Gasteiger partial charge in [-0.1, -0.05) is 41.8 Å². The number of benzene rings is 1. The highest BCUT2D eigenvalue weighted by Gasteiger charge is 2.25. The molecule has 1 aromatic carbocycles. The van der Waals surface area contributed by atoms with Gasteiger partial charge in [-0.25, -0.2) is 0 Å². The number of rotatable bonds is 5. The van der Waals surface area contributed by atoms with E-state index in [0.29, 0.717) is 6.04 Å². The summed E-state index contributed by atoms with van der Waals surface area (Å²) < 4.78 is 1.14. The number of halogens is 1. The van der Waals surface area contributed by atoms with Crippen LogP contribution >= 0.6 is 27.7 Å². The highest BCUT2D eigenvalue weighted by Crippen LogP contribution is 2.32. The van der Waals surface area contributed by atoms with E-state index >= 15 is 0 Å². The van der Waals surface area contributed by atoms with Crippen molar-refractivity contribution in [2.24, 2.45) is 17.7 Å². The van der Waals surface area contributed by atoms with Gasteiger partial charge in [0.05, 0.1) is 0 Å². The first-order valence-corrected chi connectivity index (χ1v) is 8.81. The van der Waals surface area contributed by atoms with Crippen LogP contribution in [0.1, 0.15) is 32.6 Å². The van der Waals surface area contributed by atoms with Crippen LogP contribution in [0.25, 0.3) is 0 Å². The van der Waals surface area contributed by atoms with Gasteiger partial charge < -0.3 is 0 Å². The molecule has 1 aromatic rings. The monoisotopic (exact) mass is 342 g/mol. The topological polar surface area (TPSA) is 38.0 Å². The SMILES string of the molecule is CC1CCC(C(CSc2cccc(Br)c2)NN)CC1. The highest BCUT2D eigenvalue weighted by molar-refractivity contribution is 9.10. The molecular weight excluding hydrogens is 320 g/mol. The predicted octanol–water partition coefficient (Wildman–Crippen LogP) is 4.20. The zero-order valence-electron chi connectivity index (χ0n) is 11.4. The Morgan fingerprint density at radius 1 is 1.37 bits per heavy atom. The van der Waals surface area contributed by atoms with Crippen molar-refractivity contribution in [3.8, 4) is 0 Å². The summed E-state index contributed by atoms with van der Waals surface area (Å²) in [5, 5.41) is 0. The molecule has 1 aliphatic carbocycles. The lowest BCUT2D eigenvalue weighted by molar-refractivity contribution is 0.243. The smallest absolute Gasteiger partial charge is 0.0332 e. The van der Waals surface area contributed by atoms with E-state index in [1.807, 2.05) is 11.8 Å². The average Bonchev–Trinajstić information content (AvgIpc) is 2.41. The van der Waals surface area contributed by atoms with E-state index < -0.39 is 0 Å². The number of thioether (sulfide) groups is 1. The molecule has 1 saturated carbocycles. The van der Waals surface area contributed by atoms with Crippen LogP contribution < -0.4 is 11.3 Å². The minimum atomic E-state index is 0.427. The van der Waals surface area contributed by atoms with Crippen molar-refractivity contribution in [1.82, 2.24) is 5.43 Å². The fourth-order valence-electron chi connectivity index (χ4n) is 2.75. The summed E-state index contributed by atoms with van der Waals surface area (Å²) in [7, 11) is 0. The maximum atomic E-state index is 5.76. The van der Waals surface area contributed by atoms with E-state index in [-0.39, 0.29) is 0 Å². The van der Waals surface area contributed by atoms with Gasteiger partial charge in [0.15, 0.2) is 0 Å². The molecule has 1 aliphatic rings. The lowest BCUT2D eigenvalue weighted by Gasteiger charge is -2.32. The van der Waals surface area contributed by atoms with Gasteiger partial charge >= 0.3 is 0 Å². The van der Waals surface area contributed by atoms with Crippen LogP contribution in [0.3, 0.4) is 0 Å². The molecule has 4 heteroatoms. The van der Waals surface area contributed by atoms with Crippen LogP contribution in [-0.2, 0) is 0 Å². The van der Waals surface area contributed by atoms with Crippen LogP contribution in [-0.4, -0.2) is 11.8 Å². The first-order valence-electron chi connectivity index (χ1n) is 7.03. The maximum absolute atomic E-state index is 5.76. The fourth-order valence-corrected chi connectivity index (χ4v) is 4.43. The summed E-state index contributed by atoms with van der Waals surface area (Å²) in [5.41, 5.74) is 3.04. The Morgan fingerprint density at radius 3 is 2.74 bits per heavy atom. The molecule has 19 heavy (non-hydrogen) atoms. The van der Waals surface area contributed by atoms with Gasteiger partial charge in [-0.2, -0.15) is 0 Å². The Hall–Kier alpha value is -0.0300. The van der Waals surface area contributed by atoms with Gasteiger partial charge in [-0.15, -0.1) is 11.8 Å². The zero-order valence-corrected chi connectivity index (χ0v) is 13.8. The number of hydrogen-bond acceptors (Lipinski definition) is 3. The molecule has 0 aromatic heterocycles. The zero-order chi connectivity index (χ0) is 13.7. The largest absolute Gasteiger partial charge is 0.271 e. The molecule has 3 N–H and O–H groups in total. The van der Waals surface area contributed by atoms with Crippen LogP contribution in [0.5, 0.6) is 0 Å². The second-order valence-corrected chi connectivity index (χ2v) is 7.57. The molecule has 0 amide bonds. The summed E-state index contributed by atoms with van der Waals surface area (Å²) >= 11 is 5.40. The minimum Gasteiger partial charge on any atom is -0.271 e. The third-order valence-corrected chi connectivity index (χ3v) is 5.68. The molecule has 0 heterocycles. The van der Waals surface area contributed by atoms with E-state index in [4.69, 9.17) is 5.84 Å². The third kappa shape index (κ3) is 4.78. The first-order chi connectivity index (χ1) is 9.19. The Balaban J connectivity index is 1.85. The van der Waals surface area contributed by atoms with Gasteiger partial charge in [-0.05, 0) is 42.9 Å². The molecule has 106 valence electrons. The van der Waals surface area contributed by atoms with E-state index in [1.54, 1.807) is 0 Å². The van der Waals surface area contributed by atoms with Gasteiger partial charge in [0, 0.05) is 21.2 Å². The van der Waals surface area contributed by atoms with E-state index in [9.17, 15) is 0 Å². The van der Waals surface area contributed by atoms with Crippen molar-refractivity contribution in [3.63, 3.8) is 0 Å². The van der Waals surface area contributed by atoms with Crippen molar-refractivity contribution in [1.29, 1.82) is 0 Å². The predicted molar refractivity (Wildman–Crippen MR) is 87.1 cm³/mol. The quantitative estimate of drug-likeness (QED) is 0.478. The van der Waals surface area contributed by atoms with Gasteiger partial charge in [0.1, 0.15) is 0 Å². The van der Waals surface area contributed by atoms with E-state index in [0.717, 1.165) is 22.1 Å². The summed E-state index contributed by atoms with van der Waals surface area (Å²) in [6.45, 7) is 2.36. The second kappa shape index (κ2) is 7.67. The Labute approximate surface area is 129 Å². The molecule has 0 aliphatic heterocycles. The minimum absolute atomic E-state index is 0.427. The number of nitrogens with one attached hydrogen (secondary N) is 1. The summed E-state index contributed by atoms with van der Waals surface area (Å²) in [6.07, 6.45) is 5.33. The molecule has 1 atom stereocenters. The molecule has 1 fully saturated rings. The summed E-state index contributed by atoms with van der Waals surface area (Å²) in [6, 6.07) is 8.90. The number of hydrazine groups is 1. The fraction of sp³-hybridized carbons (Fsp3) is 0.600. The van der Waals surface area contributed by atoms with Crippen LogP contribution in [0.15, 0.2) is 33.6 Å². The standard InChI is InChI=1S/C15H23BrN2S/c1-11-5-7-12(8-6-11)15(18-17)10-19-14-4-2-3-13(16)9-14/h2-4,9,11-12,15,18H,5-8,10,17H2,1H3. The second-order valence-electron chi connectivity index (χ2n) is 5.56. The van der Waals surface area contributed by atoms with Crippen molar-refractivity contribution in [2.45, 2.75) is 43.5 Å². The van der Waals surface area contributed by atoms with Crippen molar-refractivity contribution < 1.29 is 0 Å². The molecule has 0 saturated heterocycles. The van der Waals surface area contributed by atoms with Gasteiger partial charge in [0.2, 0.25) is 0 Å². The molecule has 0 radical (unpaired) electrons. The molecule has 1 unspecified atom stereocenters. The van der Waals surface area contributed by atoms with Crippen molar-refractivity contribution >= 4 is 27.7 Å². The molecule has 2 rings (SSSR count). The maximum Gasteiger partial charge on any atom is 0.0332 e.